The van der Waals surface area contributed by atoms with Crippen LogP contribution in [0, 0.1) is 0 Å². The number of aliphatic hydroxyl groups is 1. The molecule has 2 rings (SSSR count). The monoisotopic (exact) mass is 294 g/mol. The molecule has 2 aromatic rings. The quantitative estimate of drug-likeness (QED) is 0.914. The standard InChI is InChI=1S/C15H19ClN2O2/c1-15(2,3)13-12(7-8-19)14(20)18(17-13)11-6-4-5-10(16)9-11/h4-6,9,17,19H,7-8H2,1-3H3. The molecule has 0 bridgehead atoms. The number of benzene rings is 1. The van der Waals surface area contributed by atoms with E-state index in [2.05, 4.69) is 5.10 Å². The molecule has 0 aliphatic carbocycles. The lowest BCUT2D eigenvalue weighted by molar-refractivity contribution is 0.298. The molecule has 4 nitrogen and oxygen atoms in total. The van der Waals surface area contributed by atoms with E-state index in [1.165, 1.54) is 4.68 Å². The van der Waals surface area contributed by atoms with Crippen molar-refractivity contribution in [1.29, 1.82) is 0 Å². The van der Waals surface area contributed by atoms with Crippen LogP contribution in [0.25, 0.3) is 5.69 Å². The van der Waals surface area contributed by atoms with Crippen molar-refractivity contribution in [2.45, 2.75) is 32.6 Å². The number of aromatic amines is 1. The van der Waals surface area contributed by atoms with E-state index < -0.39 is 0 Å². The van der Waals surface area contributed by atoms with E-state index in [1.54, 1.807) is 18.2 Å². The van der Waals surface area contributed by atoms with Gasteiger partial charge in [0.25, 0.3) is 5.56 Å². The number of nitrogens with zero attached hydrogens (tertiary/aromatic N) is 1. The first-order valence-corrected chi connectivity index (χ1v) is 6.93. The number of rotatable bonds is 3. The molecule has 0 spiro atoms. The fourth-order valence-electron chi connectivity index (χ4n) is 2.23. The van der Waals surface area contributed by atoms with Gasteiger partial charge in [-0.2, -0.15) is 0 Å². The Kier molecular flexibility index (Phi) is 4.06. The van der Waals surface area contributed by atoms with Crippen molar-refractivity contribution in [2.24, 2.45) is 0 Å². The Balaban J connectivity index is 2.64. The Hall–Kier alpha value is -1.52. The Bertz CT molecular complexity index is 665. The van der Waals surface area contributed by atoms with Crippen LogP contribution < -0.4 is 5.56 Å². The summed E-state index contributed by atoms with van der Waals surface area (Å²) in [4.78, 5) is 12.5. The summed E-state index contributed by atoms with van der Waals surface area (Å²) in [5, 5.41) is 12.9. The van der Waals surface area contributed by atoms with Crippen LogP contribution in [0.1, 0.15) is 32.0 Å². The van der Waals surface area contributed by atoms with Crippen molar-refractivity contribution in [1.82, 2.24) is 9.78 Å². The van der Waals surface area contributed by atoms with Gasteiger partial charge in [0.1, 0.15) is 0 Å². The van der Waals surface area contributed by atoms with Gasteiger partial charge in [0, 0.05) is 34.7 Å². The fraction of sp³-hybridized carbons (Fsp3) is 0.400. The van der Waals surface area contributed by atoms with Gasteiger partial charge in [-0.3, -0.25) is 9.89 Å². The van der Waals surface area contributed by atoms with Crippen LogP contribution in [0.4, 0.5) is 0 Å². The van der Waals surface area contributed by atoms with E-state index in [0.29, 0.717) is 22.7 Å². The van der Waals surface area contributed by atoms with Gasteiger partial charge < -0.3 is 5.11 Å². The summed E-state index contributed by atoms with van der Waals surface area (Å²) < 4.78 is 1.48. The molecule has 0 amide bonds. The van der Waals surface area contributed by atoms with Gasteiger partial charge in [0.2, 0.25) is 0 Å². The SMILES string of the molecule is CC(C)(C)c1[nH]n(-c2cccc(Cl)c2)c(=O)c1CCO. The molecule has 0 saturated heterocycles. The Morgan fingerprint density at radius 2 is 2.05 bits per heavy atom. The van der Waals surface area contributed by atoms with Crippen LogP contribution in [-0.2, 0) is 11.8 Å². The third-order valence-corrected chi connectivity index (χ3v) is 3.40. The van der Waals surface area contributed by atoms with Gasteiger partial charge in [-0.15, -0.1) is 0 Å². The number of H-pyrrole nitrogens is 1. The lowest BCUT2D eigenvalue weighted by Gasteiger charge is -2.18. The lowest BCUT2D eigenvalue weighted by Crippen LogP contribution is -2.19. The van der Waals surface area contributed by atoms with Crippen LogP contribution in [0.2, 0.25) is 5.02 Å². The molecule has 2 N–H and O–H groups in total. The summed E-state index contributed by atoms with van der Waals surface area (Å²) in [7, 11) is 0. The van der Waals surface area contributed by atoms with Crippen molar-refractivity contribution in [2.75, 3.05) is 6.61 Å². The van der Waals surface area contributed by atoms with Crippen LogP contribution in [0.5, 0.6) is 0 Å². The van der Waals surface area contributed by atoms with Crippen LogP contribution in [0.3, 0.4) is 0 Å². The third-order valence-electron chi connectivity index (χ3n) is 3.16. The van der Waals surface area contributed by atoms with Crippen LogP contribution in [0.15, 0.2) is 29.1 Å². The largest absolute Gasteiger partial charge is 0.396 e. The topological polar surface area (TPSA) is 58.0 Å². The second-order valence-corrected chi connectivity index (χ2v) is 6.25. The van der Waals surface area contributed by atoms with Gasteiger partial charge in [-0.25, -0.2) is 4.68 Å². The molecule has 0 aliphatic rings. The lowest BCUT2D eigenvalue weighted by atomic mass is 9.89. The maximum absolute atomic E-state index is 12.5. The van der Waals surface area contributed by atoms with Crippen molar-refractivity contribution < 1.29 is 5.11 Å². The minimum atomic E-state index is -0.201. The maximum atomic E-state index is 12.5. The summed E-state index contributed by atoms with van der Waals surface area (Å²) in [6.07, 6.45) is 0.343. The predicted octanol–water partition coefficient (Wildman–Crippen LogP) is 2.65. The van der Waals surface area contributed by atoms with Gasteiger partial charge in [-0.1, -0.05) is 38.4 Å². The van der Waals surface area contributed by atoms with Crippen molar-refractivity contribution in [3.63, 3.8) is 0 Å². The minimum absolute atomic E-state index is 0.0499. The summed E-state index contributed by atoms with van der Waals surface area (Å²) in [6, 6.07) is 7.11. The van der Waals surface area contributed by atoms with E-state index in [9.17, 15) is 9.90 Å². The van der Waals surface area contributed by atoms with Gasteiger partial charge in [0.05, 0.1) is 5.69 Å². The zero-order valence-electron chi connectivity index (χ0n) is 11.9. The zero-order chi connectivity index (χ0) is 14.9. The van der Waals surface area contributed by atoms with Gasteiger partial charge >= 0.3 is 0 Å². The summed E-state index contributed by atoms with van der Waals surface area (Å²) in [5.41, 5.74) is 1.83. The summed E-state index contributed by atoms with van der Waals surface area (Å²) >= 11 is 5.98. The molecule has 1 aromatic carbocycles. The van der Waals surface area contributed by atoms with E-state index >= 15 is 0 Å². The number of aliphatic hydroxyl groups excluding tert-OH is 1. The molecule has 0 aliphatic heterocycles. The van der Waals surface area contributed by atoms with E-state index in [0.717, 1.165) is 5.69 Å². The minimum Gasteiger partial charge on any atom is -0.396 e. The first kappa shape index (κ1) is 14.9. The predicted molar refractivity (Wildman–Crippen MR) is 80.9 cm³/mol. The van der Waals surface area contributed by atoms with Crippen molar-refractivity contribution in [3.8, 4) is 5.69 Å². The Morgan fingerprint density at radius 3 is 2.60 bits per heavy atom. The zero-order valence-corrected chi connectivity index (χ0v) is 12.7. The molecule has 20 heavy (non-hydrogen) atoms. The highest BCUT2D eigenvalue weighted by Crippen LogP contribution is 2.24. The molecule has 1 heterocycles. The number of aromatic nitrogens is 2. The number of hydrogen-bond acceptors (Lipinski definition) is 2. The molecule has 0 saturated carbocycles. The van der Waals surface area contributed by atoms with Crippen LogP contribution >= 0.6 is 11.6 Å². The van der Waals surface area contributed by atoms with E-state index in [1.807, 2.05) is 26.8 Å². The molecular formula is C15H19ClN2O2. The normalized spacial score (nSPS) is 11.8. The highest BCUT2D eigenvalue weighted by atomic mass is 35.5. The first-order chi connectivity index (χ1) is 9.34. The fourth-order valence-corrected chi connectivity index (χ4v) is 2.42. The summed E-state index contributed by atoms with van der Waals surface area (Å²) in [5.74, 6) is 0. The third kappa shape index (κ3) is 2.81. The summed E-state index contributed by atoms with van der Waals surface area (Å²) in [6.45, 7) is 6.04. The second-order valence-electron chi connectivity index (χ2n) is 5.81. The molecule has 0 fully saturated rings. The first-order valence-electron chi connectivity index (χ1n) is 6.56. The molecule has 0 atom stereocenters. The van der Waals surface area contributed by atoms with Crippen molar-refractivity contribution in [3.05, 3.63) is 50.9 Å². The van der Waals surface area contributed by atoms with Gasteiger partial charge in [0.15, 0.2) is 0 Å². The smallest absolute Gasteiger partial charge is 0.274 e. The second kappa shape index (κ2) is 5.46. The average Bonchev–Trinajstić information content (AvgIpc) is 2.68. The molecule has 5 heteroatoms. The Morgan fingerprint density at radius 1 is 1.35 bits per heavy atom. The number of nitrogens with one attached hydrogen (secondary N) is 1. The van der Waals surface area contributed by atoms with Crippen LogP contribution in [-0.4, -0.2) is 21.5 Å². The highest BCUT2D eigenvalue weighted by Gasteiger charge is 2.24. The molecule has 0 radical (unpaired) electrons. The molecule has 108 valence electrons. The average molecular weight is 295 g/mol. The maximum Gasteiger partial charge on any atom is 0.274 e. The van der Waals surface area contributed by atoms with Gasteiger partial charge in [-0.05, 0) is 18.2 Å². The highest BCUT2D eigenvalue weighted by molar-refractivity contribution is 6.30. The van der Waals surface area contributed by atoms with E-state index in [-0.39, 0.29) is 17.6 Å². The number of hydrogen-bond donors (Lipinski definition) is 2. The number of halogens is 1. The Labute approximate surface area is 123 Å². The van der Waals surface area contributed by atoms with Crippen molar-refractivity contribution >= 4 is 11.6 Å². The van der Waals surface area contributed by atoms with E-state index in [4.69, 9.17) is 11.6 Å². The molecule has 0 unspecified atom stereocenters. The molecule has 1 aromatic heterocycles. The molecular weight excluding hydrogens is 276 g/mol.